The summed E-state index contributed by atoms with van der Waals surface area (Å²) >= 11 is 0. The van der Waals surface area contributed by atoms with Crippen LogP contribution in [0.4, 0.5) is 4.79 Å². The zero-order chi connectivity index (χ0) is 11.1. The molecule has 1 unspecified atom stereocenters. The van der Waals surface area contributed by atoms with Gasteiger partial charge >= 0.3 is 12.0 Å². The van der Waals surface area contributed by atoms with Gasteiger partial charge in [-0.05, 0) is 20.3 Å². The van der Waals surface area contributed by atoms with Crippen LogP contribution < -0.4 is 10.6 Å². The Bertz CT molecular complexity index is 204. The third-order valence-corrected chi connectivity index (χ3v) is 1.67. The summed E-state index contributed by atoms with van der Waals surface area (Å²) in [5.41, 5.74) is 0. The highest BCUT2D eigenvalue weighted by atomic mass is 16.4. The summed E-state index contributed by atoms with van der Waals surface area (Å²) in [6.07, 6.45) is 0.569. The maximum Gasteiger partial charge on any atom is 0.315 e. The Hall–Kier alpha value is -1.26. The maximum atomic E-state index is 11.2. The van der Waals surface area contributed by atoms with Crippen molar-refractivity contribution in [1.29, 1.82) is 0 Å². The average molecular weight is 202 g/mol. The summed E-state index contributed by atoms with van der Waals surface area (Å²) in [7, 11) is 0. The molecule has 0 aliphatic carbocycles. The zero-order valence-electron chi connectivity index (χ0n) is 8.83. The molecule has 5 nitrogen and oxygen atoms in total. The Morgan fingerprint density at radius 3 is 2.21 bits per heavy atom. The summed E-state index contributed by atoms with van der Waals surface area (Å²) in [6.45, 7) is 5.53. The second-order valence-electron chi connectivity index (χ2n) is 3.48. The minimum atomic E-state index is -0.901. The molecule has 0 saturated heterocycles. The van der Waals surface area contributed by atoms with Crippen molar-refractivity contribution in [2.75, 3.05) is 0 Å². The largest absolute Gasteiger partial charge is 0.481 e. The Kier molecular flexibility index (Phi) is 5.67. The van der Waals surface area contributed by atoms with Crippen LogP contribution in [0.2, 0.25) is 0 Å². The van der Waals surface area contributed by atoms with Crippen molar-refractivity contribution in [3.63, 3.8) is 0 Å². The third kappa shape index (κ3) is 6.28. The van der Waals surface area contributed by atoms with Gasteiger partial charge in [0, 0.05) is 12.1 Å². The fourth-order valence-electron chi connectivity index (χ4n) is 0.997. The van der Waals surface area contributed by atoms with E-state index in [4.69, 9.17) is 5.11 Å². The van der Waals surface area contributed by atoms with Crippen molar-refractivity contribution >= 4 is 12.0 Å². The summed E-state index contributed by atoms with van der Waals surface area (Å²) in [6, 6.07) is -0.559. The van der Waals surface area contributed by atoms with E-state index in [0.717, 1.165) is 0 Å². The highest BCUT2D eigenvalue weighted by Crippen LogP contribution is 1.97. The molecule has 0 aliphatic heterocycles. The first-order valence-electron chi connectivity index (χ1n) is 4.74. The summed E-state index contributed by atoms with van der Waals surface area (Å²) in [5, 5.41) is 13.8. The van der Waals surface area contributed by atoms with Gasteiger partial charge < -0.3 is 15.7 Å². The van der Waals surface area contributed by atoms with Crippen LogP contribution in [0, 0.1) is 0 Å². The molecule has 0 saturated carbocycles. The number of nitrogens with one attached hydrogen (secondary N) is 2. The van der Waals surface area contributed by atoms with Gasteiger partial charge in [0.2, 0.25) is 0 Å². The van der Waals surface area contributed by atoms with Gasteiger partial charge in [-0.25, -0.2) is 4.79 Å². The van der Waals surface area contributed by atoms with Crippen molar-refractivity contribution in [2.24, 2.45) is 0 Å². The number of hydrogen-bond acceptors (Lipinski definition) is 2. The van der Waals surface area contributed by atoms with Crippen LogP contribution >= 0.6 is 0 Å². The topological polar surface area (TPSA) is 78.4 Å². The molecule has 0 bridgehead atoms. The lowest BCUT2D eigenvalue weighted by atomic mass is 10.1. The molecule has 82 valence electrons. The lowest BCUT2D eigenvalue weighted by molar-refractivity contribution is -0.137. The van der Waals surface area contributed by atoms with Gasteiger partial charge in [0.25, 0.3) is 0 Å². The number of urea groups is 1. The fourth-order valence-corrected chi connectivity index (χ4v) is 0.997. The predicted octanol–water partition coefficient (Wildman–Crippen LogP) is 0.947. The number of hydrogen-bond donors (Lipinski definition) is 3. The second kappa shape index (κ2) is 6.23. The predicted molar refractivity (Wildman–Crippen MR) is 53.1 cm³/mol. The van der Waals surface area contributed by atoms with Gasteiger partial charge in [-0.2, -0.15) is 0 Å². The molecule has 0 rings (SSSR count). The van der Waals surface area contributed by atoms with E-state index in [9.17, 15) is 9.59 Å². The molecule has 0 heterocycles. The fraction of sp³-hybridized carbons (Fsp3) is 0.778. The summed E-state index contributed by atoms with van der Waals surface area (Å²) in [4.78, 5) is 21.6. The van der Waals surface area contributed by atoms with Crippen molar-refractivity contribution in [3.8, 4) is 0 Å². The van der Waals surface area contributed by atoms with Crippen LogP contribution in [0.3, 0.4) is 0 Å². The number of aliphatic carboxylic acids is 1. The molecular weight excluding hydrogens is 184 g/mol. The van der Waals surface area contributed by atoms with E-state index in [2.05, 4.69) is 10.6 Å². The maximum absolute atomic E-state index is 11.2. The number of carbonyl (C=O) groups is 2. The van der Waals surface area contributed by atoms with E-state index in [1.54, 1.807) is 0 Å². The quantitative estimate of drug-likeness (QED) is 0.621. The van der Waals surface area contributed by atoms with Crippen molar-refractivity contribution < 1.29 is 14.7 Å². The van der Waals surface area contributed by atoms with Crippen LogP contribution in [0.15, 0.2) is 0 Å². The third-order valence-electron chi connectivity index (χ3n) is 1.67. The van der Waals surface area contributed by atoms with Crippen LogP contribution in [0.5, 0.6) is 0 Å². The SMILES string of the molecule is CCC(CC(=O)O)NC(=O)NC(C)C. The molecule has 0 aromatic carbocycles. The van der Waals surface area contributed by atoms with Crippen molar-refractivity contribution in [3.05, 3.63) is 0 Å². The van der Waals surface area contributed by atoms with E-state index in [-0.39, 0.29) is 24.5 Å². The molecule has 0 spiro atoms. The monoisotopic (exact) mass is 202 g/mol. The first-order valence-corrected chi connectivity index (χ1v) is 4.74. The summed E-state index contributed by atoms with van der Waals surface area (Å²) in [5.74, 6) is -0.901. The number of rotatable bonds is 5. The van der Waals surface area contributed by atoms with E-state index in [1.165, 1.54) is 0 Å². The molecule has 0 aromatic heterocycles. The number of amides is 2. The van der Waals surface area contributed by atoms with Gasteiger partial charge in [0.05, 0.1) is 6.42 Å². The van der Waals surface area contributed by atoms with E-state index in [0.29, 0.717) is 6.42 Å². The molecule has 0 radical (unpaired) electrons. The first kappa shape index (κ1) is 12.7. The number of carboxylic acid groups (broad SMARTS) is 1. The van der Waals surface area contributed by atoms with E-state index in [1.807, 2.05) is 20.8 Å². The Morgan fingerprint density at radius 1 is 1.29 bits per heavy atom. The molecule has 0 aliphatic rings. The van der Waals surface area contributed by atoms with Gasteiger partial charge in [-0.3, -0.25) is 4.79 Å². The minimum absolute atomic E-state index is 0.0397. The van der Waals surface area contributed by atoms with E-state index >= 15 is 0 Å². The first-order chi connectivity index (χ1) is 6.45. The molecule has 2 amide bonds. The smallest absolute Gasteiger partial charge is 0.315 e. The molecule has 0 aromatic rings. The Labute approximate surface area is 83.9 Å². The van der Waals surface area contributed by atoms with Crippen LogP contribution in [-0.2, 0) is 4.79 Å². The highest BCUT2D eigenvalue weighted by Gasteiger charge is 2.13. The lowest BCUT2D eigenvalue weighted by Gasteiger charge is -2.16. The minimum Gasteiger partial charge on any atom is -0.481 e. The van der Waals surface area contributed by atoms with Gasteiger partial charge in [0.15, 0.2) is 0 Å². The molecule has 5 heteroatoms. The number of carbonyl (C=O) groups excluding carboxylic acids is 1. The summed E-state index contributed by atoms with van der Waals surface area (Å²) < 4.78 is 0. The standard InChI is InChI=1S/C9H18N2O3/c1-4-7(5-8(12)13)11-9(14)10-6(2)3/h6-7H,4-5H2,1-3H3,(H,12,13)(H2,10,11,14). The molecule has 3 N–H and O–H groups in total. The normalized spacial score (nSPS) is 12.3. The number of carboxylic acids is 1. The van der Waals surface area contributed by atoms with Crippen LogP contribution in [0.25, 0.3) is 0 Å². The molecule has 0 fully saturated rings. The highest BCUT2D eigenvalue weighted by molar-refractivity contribution is 5.75. The zero-order valence-corrected chi connectivity index (χ0v) is 8.83. The Balaban J connectivity index is 3.92. The molecule has 1 atom stereocenters. The van der Waals surface area contributed by atoms with Crippen molar-refractivity contribution in [1.82, 2.24) is 10.6 Å². The van der Waals surface area contributed by atoms with Gasteiger partial charge in [0.1, 0.15) is 0 Å². The molecule has 14 heavy (non-hydrogen) atoms. The molecular formula is C9H18N2O3. The second-order valence-corrected chi connectivity index (χ2v) is 3.48. The Morgan fingerprint density at radius 2 is 1.86 bits per heavy atom. The van der Waals surface area contributed by atoms with Crippen LogP contribution in [-0.4, -0.2) is 29.2 Å². The van der Waals surface area contributed by atoms with Crippen molar-refractivity contribution in [2.45, 2.75) is 45.7 Å². The van der Waals surface area contributed by atoms with Gasteiger partial charge in [-0.1, -0.05) is 6.92 Å². The van der Waals surface area contributed by atoms with Gasteiger partial charge in [-0.15, -0.1) is 0 Å². The van der Waals surface area contributed by atoms with E-state index < -0.39 is 5.97 Å². The lowest BCUT2D eigenvalue weighted by Crippen LogP contribution is -2.45. The average Bonchev–Trinajstić information content (AvgIpc) is 2.00. The van der Waals surface area contributed by atoms with Crippen LogP contribution in [0.1, 0.15) is 33.6 Å².